The van der Waals surface area contributed by atoms with E-state index < -0.39 is 15.6 Å². The molecule has 3 aromatic carbocycles. The van der Waals surface area contributed by atoms with Crippen LogP contribution in [0.15, 0.2) is 78.9 Å². The van der Waals surface area contributed by atoms with Crippen LogP contribution >= 0.6 is 0 Å². The van der Waals surface area contributed by atoms with Gasteiger partial charge in [-0.25, -0.2) is 8.42 Å². The monoisotopic (exact) mass is 480 g/mol. The van der Waals surface area contributed by atoms with Gasteiger partial charge in [0, 0.05) is 11.1 Å². The molecule has 0 atom stereocenters. The number of anilines is 1. The Hall–Kier alpha value is -3.32. The standard InChI is InChI=1S/C27H32N2O4S/c1-5-33-25-17-15-24(16-18-25)29(34(4,31)32)20-22-11-13-23(14-12-22)26(30)28-27(2,3)19-21-9-7-6-8-10-21/h6-18H,5,19-20H2,1-4H3,(H,28,30). The summed E-state index contributed by atoms with van der Waals surface area (Å²) in [5.41, 5.74) is 2.59. The predicted octanol–water partition coefficient (Wildman–Crippen LogP) is 4.80. The number of amides is 1. The minimum Gasteiger partial charge on any atom is -0.494 e. The third-order valence-electron chi connectivity index (χ3n) is 5.32. The Labute approximate surface area is 202 Å². The van der Waals surface area contributed by atoms with Crippen molar-refractivity contribution in [1.29, 1.82) is 0 Å². The third kappa shape index (κ3) is 7.09. The van der Waals surface area contributed by atoms with E-state index in [1.54, 1.807) is 48.5 Å². The van der Waals surface area contributed by atoms with Gasteiger partial charge >= 0.3 is 0 Å². The molecule has 0 saturated carbocycles. The number of nitrogens with one attached hydrogen (secondary N) is 1. The highest BCUT2D eigenvalue weighted by Crippen LogP contribution is 2.24. The number of sulfonamides is 1. The van der Waals surface area contributed by atoms with Gasteiger partial charge in [0.1, 0.15) is 5.75 Å². The third-order valence-corrected chi connectivity index (χ3v) is 6.46. The van der Waals surface area contributed by atoms with Crippen molar-refractivity contribution in [3.8, 4) is 5.75 Å². The molecule has 0 bridgehead atoms. The summed E-state index contributed by atoms with van der Waals surface area (Å²) in [6.45, 7) is 6.58. The van der Waals surface area contributed by atoms with Crippen LogP contribution in [0.5, 0.6) is 5.75 Å². The van der Waals surface area contributed by atoms with E-state index in [0.717, 1.165) is 11.1 Å². The first-order valence-corrected chi connectivity index (χ1v) is 13.1. The number of hydrogen-bond donors (Lipinski definition) is 1. The second-order valence-electron chi connectivity index (χ2n) is 8.89. The predicted molar refractivity (Wildman–Crippen MR) is 137 cm³/mol. The first-order chi connectivity index (χ1) is 16.1. The Balaban J connectivity index is 1.70. The molecular weight excluding hydrogens is 448 g/mol. The SMILES string of the molecule is CCOc1ccc(N(Cc2ccc(C(=O)NC(C)(C)Cc3ccccc3)cc2)S(C)(=O)=O)cc1. The fourth-order valence-electron chi connectivity index (χ4n) is 3.73. The van der Waals surface area contributed by atoms with Gasteiger partial charge in [-0.3, -0.25) is 9.10 Å². The zero-order chi connectivity index (χ0) is 24.8. The second-order valence-corrected chi connectivity index (χ2v) is 10.8. The van der Waals surface area contributed by atoms with Gasteiger partial charge in [-0.1, -0.05) is 42.5 Å². The highest BCUT2D eigenvalue weighted by atomic mass is 32.2. The second kappa shape index (κ2) is 10.7. The molecule has 0 aliphatic heterocycles. The fraction of sp³-hybridized carbons (Fsp3) is 0.296. The zero-order valence-electron chi connectivity index (χ0n) is 20.1. The Morgan fingerprint density at radius 1 is 0.912 bits per heavy atom. The van der Waals surface area contributed by atoms with Crippen LogP contribution in [0.3, 0.4) is 0 Å². The molecule has 0 heterocycles. The van der Waals surface area contributed by atoms with Gasteiger partial charge in [-0.2, -0.15) is 0 Å². The normalized spacial score (nSPS) is 11.6. The first kappa shape index (κ1) is 25.3. The minimum atomic E-state index is -3.51. The quantitative estimate of drug-likeness (QED) is 0.452. The molecule has 0 aromatic heterocycles. The molecule has 0 radical (unpaired) electrons. The summed E-state index contributed by atoms with van der Waals surface area (Å²) in [7, 11) is -3.51. The van der Waals surface area contributed by atoms with Crippen molar-refractivity contribution < 1.29 is 17.9 Å². The van der Waals surface area contributed by atoms with Gasteiger partial charge in [-0.15, -0.1) is 0 Å². The Bertz CT molecular complexity index is 1190. The molecule has 7 heteroatoms. The Kier molecular flexibility index (Phi) is 7.99. The molecule has 1 amide bonds. The number of rotatable bonds is 10. The fourth-order valence-corrected chi connectivity index (χ4v) is 4.62. The van der Waals surface area contributed by atoms with E-state index in [-0.39, 0.29) is 12.5 Å². The average Bonchev–Trinajstić information content (AvgIpc) is 2.78. The van der Waals surface area contributed by atoms with E-state index in [0.29, 0.717) is 30.0 Å². The minimum absolute atomic E-state index is 0.161. The van der Waals surface area contributed by atoms with Crippen LogP contribution in [0.4, 0.5) is 5.69 Å². The summed E-state index contributed by atoms with van der Waals surface area (Å²) >= 11 is 0. The molecular formula is C27H32N2O4S. The van der Waals surface area contributed by atoms with Crippen LogP contribution in [-0.4, -0.2) is 32.7 Å². The van der Waals surface area contributed by atoms with Gasteiger partial charge in [0.15, 0.2) is 0 Å². The van der Waals surface area contributed by atoms with Crippen LogP contribution in [0.25, 0.3) is 0 Å². The molecule has 0 unspecified atom stereocenters. The van der Waals surface area contributed by atoms with Gasteiger partial charge in [0.2, 0.25) is 10.0 Å². The molecule has 1 N–H and O–H groups in total. The zero-order valence-corrected chi connectivity index (χ0v) is 20.9. The van der Waals surface area contributed by atoms with Crippen molar-refractivity contribution in [2.75, 3.05) is 17.2 Å². The smallest absolute Gasteiger partial charge is 0.251 e. The number of ether oxygens (including phenoxy) is 1. The van der Waals surface area contributed by atoms with Crippen molar-refractivity contribution in [3.63, 3.8) is 0 Å². The molecule has 0 aliphatic rings. The Morgan fingerprint density at radius 2 is 1.53 bits per heavy atom. The number of carbonyl (C=O) groups is 1. The number of hydrogen-bond acceptors (Lipinski definition) is 4. The molecule has 180 valence electrons. The molecule has 34 heavy (non-hydrogen) atoms. The van der Waals surface area contributed by atoms with E-state index >= 15 is 0 Å². The molecule has 6 nitrogen and oxygen atoms in total. The average molecular weight is 481 g/mol. The first-order valence-electron chi connectivity index (χ1n) is 11.2. The van der Waals surface area contributed by atoms with Gasteiger partial charge in [0.05, 0.1) is 25.1 Å². The maximum Gasteiger partial charge on any atom is 0.251 e. The van der Waals surface area contributed by atoms with Crippen molar-refractivity contribution in [2.45, 2.75) is 39.3 Å². The van der Waals surface area contributed by atoms with Crippen LogP contribution in [0, 0.1) is 0 Å². The molecule has 3 rings (SSSR count). The summed E-state index contributed by atoms with van der Waals surface area (Å²) in [6, 6.07) is 24.0. The molecule has 0 saturated heterocycles. The highest BCUT2D eigenvalue weighted by Gasteiger charge is 2.22. The van der Waals surface area contributed by atoms with Crippen LogP contribution in [0.2, 0.25) is 0 Å². The summed E-state index contributed by atoms with van der Waals surface area (Å²) in [5, 5.41) is 3.09. The van der Waals surface area contributed by atoms with Crippen LogP contribution in [-0.2, 0) is 23.0 Å². The van der Waals surface area contributed by atoms with E-state index in [2.05, 4.69) is 5.32 Å². The lowest BCUT2D eigenvalue weighted by Gasteiger charge is -2.26. The van der Waals surface area contributed by atoms with Gasteiger partial charge in [-0.05, 0) is 74.7 Å². The number of benzene rings is 3. The van der Waals surface area contributed by atoms with Crippen molar-refractivity contribution in [2.24, 2.45) is 0 Å². The molecule has 0 spiro atoms. The van der Waals surface area contributed by atoms with Gasteiger partial charge < -0.3 is 10.1 Å². The van der Waals surface area contributed by atoms with Crippen molar-refractivity contribution in [3.05, 3.63) is 95.6 Å². The lowest BCUT2D eigenvalue weighted by Crippen LogP contribution is -2.45. The molecule has 0 fully saturated rings. The molecule has 3 aromatic rings. The summed E-state index contributed by atoms with van der Waals surface area (Å²) in [5.74, 6) is 0.518. The van der Waals surface area contributed by atoms with Gasteiger partial charge in [0.25, 0.3) is 5.91 Å². The van der Waals surface area contributed by atoms with Crippen LogP contribution < -0.4 is 14.4 Å². The maximum absolute atomic E-state index is 12.8. The summed E-state index contributed by atoms with van der Waals surface area (Å²) in [4.78, 5) is 12.8. The van der Waals surface area contributed by atoms with E-state index in [1.807, 2.05) is 51.1 Å². The number of nitrogens with zero attached hydrogens (tertiary/aromatic N) is 1. The summed E-state index contributed by atoms with van der Waals surface area (Å²) < 4.78 is 31.7. The topological polar surface area (TPSA) is 75.7 Å². The largest absolute Gasteiger partial charge is 0.494 e. The number of carbonyl (C=O) groups excluding carboxylic acids is 1. The van der Waals surface area contributed by atoms with E-state index in [1.165, 1.54) is 10.6 Å². The van der Waals surface area contributed by atoms with Crippen molar-refractivity contribution >= 4 is 21.6 Å². The maximum atomic E-state index is 12.8. The van der Waals surface area contributed by atoms with E-state index in [4.69, 9.17) is 4.74 Å². The summed E-state index contributed by atoms with van der Waals surface area (Å²) in [6.07, 6.45) is 1.89. The van der Waals surface area contributed by atoms with E-state index in [9.17, 15) is 13.2 Å². The van der Waals surface area contributed by atoms with Crippen LogP contribution in [0.1, 0.15) is 42.3 Å². The molecule has 0 aliphatic carbocycles. The van der Waals surface area contributed by atoms with Crippen molar-refractivity contribution in [1.82, 2.24) is 5.32 Å². The lowest BCUT2D eigenvalue weighted by molar-refractivity contribution is 0.0913. The highest BCUT2D eigenvalue weighted by molar-refractivity contribution is 7.92. The lowest BCUT2D eigenvalue weighted by atomic mass is 9.94. The Morgan fingerprint density at radius 3 is 2.09 bits per heavy atom.